The largest absolute Gasteiger partial charge is 0.434 e. The fourth-order valence-corrected chi connectivity index (χ4v) is 2.03. The third kappa shape index (κ3) is 5.10. The first-order valence-electron chi connectivity index (χ1n) is 7.05. The van der Waals surface area contributed by atoms with Crippen molar-refractivity contribution in [3.05, 3.63) is 69.8 Å². The molecule has 6 nitrogen and oxygen atoms in total. The molecular formula is C17H13F2NO5. The smallest absolute Gasteiger partial charge is 0.387 e. The molecule has 0 unspecified atom stereocenters. The number of nitrogens with zero attached hydrogens (tertiary/aromatic N) is 1. The molecule has 25 heavy (non-hydrogen) atoms. The first-order valence-corrected chi connectivity index (χ1v) is 7.05. The second-order valence-electron chi connectivity index (χ2n) is 4.88. The molecule has 2 aromatic rings. The monoisotopic (exact) mass is 349 g/mol. The second kappa shape index (κ2) is 8.00. The van der Waals surface area contributed by atoms with Gasteiger partial charge in [0, 0.05) is 23.3 Å². The van der Waals surface area contributed by atoms with Crippen LogP contribution in [-0.4, -0.2) is 17.5 Å². The van der Waals surface area contributed by atoms with E-state index in [1.807, 2.05) is 0 Å². The van der Waals surface area contributed by atoms with Crippen LogP contribution < -0.4 is 9.47 Å². The van der Waals surface area contributed by atoms with Gasteiger partial charge < -0.3 is 9.47 Å². The van der Waals surface area contributed by atoms with Crippen LogP contribution in [0.3, 0.4) is 0 Å². The van der Waals surface area contributed by atoms with Crippen LogP contribution in [0.2, 0.25) is 0 Å². The maximum absolute atomic E-state index is 12.3. The molecule has 0 aliphatic heterocycles. The van der Waals surface area contributed by atoms with Gasteiger partial charge in [0.2, 0.25) is 0 Å². The van der Waals surface area contributed by atoms with Gasteiger partial charge in [0.15, 0.2) is 0 Å². The van der Waals surface area contributed by atoms with Crippen molar-refractivity contribution in [2.24, 2.45) is 0 Å². The Morgan fingerprint density at radius 1 is 1.24 bits per heavy atom. The maximum atomic E-state index is 12.3. The van der Waals surface area contributed by atoms with E-state index in [9.17, 15) is 23.7 Å². The molecule has 0 saturated carbocycles. The van der Waals surface area contributed by atoms with Gasteiger partial charge >= 0.3 is 12.6 Å². The van der Waals surface area contributed by atoms with Crippen LogP contribution in [0.15, 0.2) is 48.5 Å². The number of ether oxygens (including phenoxy) is 2. The lowest BCUT2D eigenvalue weighted by Crippen LogP contribution is -2.05. The summed E-state index contributed by atoms with van der Waals surface area (Å²) >= 11 is 0. The molecule has 0 saturated heterocycles. The number of carbonyl (C=O) groups excluding carboxylic acids is 1. The minimum atomic E-state index is -2.98. The Balaban J connectivity index is 2.09. The van der Waals surface area contributed by atoms with Gasteiger partial charge in [-0.2, -0.15) is 8.78 Å². The van der Waals surface area contributed by atoms with Gasteiger partial charge in [-0.1, -0.05) is 18.2 Å². The van der Waals surface area contributed by atoms with Crippen LogP contribution in [0.1, 0.15) is 11.1 Å². The number of carbonyl (C=O) groups is 1. The lowest BCUT2D eigenvalue weighted by molar-refractivity contribution is -0.385. The topological polar surface area (TPSA) is 78.7 Å². The van der Waals surface area contributed by atoms with Crippen molar-refractivity contribution in [3.63, 3.8) is 0 Å². The summed E-state index contributed by atoms with van der Waals surface area (Å²) in [5.41, 5.74) is 0.531. The standard InChI is InChI=1S/C17H13F2NO5/c1-11-10-13(7-8-14(11)20(22)23)24-16(21)9-6-12-4-2-3-5-15(12)25-17(18)19/h2-10,17H,1H3. The van der Waals surface area contributed by atoms with E-state index in [1.54, 1.807) is 6.07 Å². The molecule has 0 radical (unpaired) electrons. The molecule has 0 aliphatic rings. The minimum absolute atomic E-state index is 0.0762. The predicted molar refractivity (Wildman–Crippen MR) is 85.6 cm³/mol. The van der Waals surface area contributed by atoms with E-state index in [0.717, 1.165) is 6.08 Å². The molecule has 130 valence electrons. The van der Waals surface area contributed by atoms with E-state index in [1.165, 1.54) is 49.4 Å². The number of nitro groups is 1. The summed E-state index contributed by atoms with van der Waals surface area (Å²) in [6.45, 7) is -1.46. The zero-order valence-corrected chi connectivity index (χ0v) is 13.0. The van der Waals surface area contributed by atoms with Crippen LogP contribution >= 0.6 is 0 Å². The highest BCUT2D eigenvalue weighted by Crippen LogP contribution is 2.24. The lowest BCUT2D eigenvalue weighted by Gasteiger charge is -2.07. The average Bonchev–Trinajstić information content (AvgIpc) is 2.53. The van der Waals surface area contributed by atoms with Gasteiger partial charge in [0.25, 0.3) is 5.69 Å². The van der Waals surface area contributed by atoms with Gasteiger partial charge in [0.05, 0.1) is 4.92 Å². The zero-order valence-electron chi connectivity index (χ0n) is 13.0. The third-order valence-electron chi connectivity index (χ3n) is 3.12. The average molecular weight is 349 g/mol. The highest BCUT2D eigenvalue weighted by Gasteiger charge is 2.12. The number of para-hydroxylation sites is 1. The molecule has 0 spiro atoms. The van der Waals surface area contributed by atoms with Crippen molar-refractivity contribution >= 4 is 17.7 Å². The number of aryl methyl sites for hydroxylation is 1. The Hall–Kier alpha value is -3.29. The fourth-order valence-electron chi connectivity index (χ4n) is 2.03. The number of rotatable bonds is 6. The molecule has 0 amide bonds. The van der Waals surface area contributed by atoms with Gasteiger partial charge in [0.1, 0.15) is 11.5 Å². The van der Waals surface area contributed by atoms with E-state index in [0.29, 0.717) is 5.56 Å². The number of hydrogen-bond donors (Lipinski definition) is 0. The van der Waals surface area contributed by atoms with E-state index < -0.39 is 17.5 Å². The molecule has 0 N–H and O–H groups in total. The van der Waals surface area contributed by atoms with Crippen molar-refractivity contribution in [2.75, 3.05) is 0 Å². The first-order chi connectivity index (χ1) is 11.9. The highest BCUT2D eigenvalue weighted by atomic mass is 19.3. The molecule has 0 fully saturated rings. The van der Waals surface area contributed by atoms with E-state index in [4.69, 9.17) is 4.74 Å². The van der Waals surface area contributed by atoms with Crippen molar-refractivity contribution in [1.29, 1.82) is 0 Å². The van der Waals surface area contributed by atoms with E-state index >= 15 is 0 Å². The summed E-state index contributed by atoms with van der Waals surface area (Å²) < 4.78 is 34.0. The maximum Gasteiger partial charge on any atom is 0.387 e. The van der Waals surface area contributed by atoms with Gasteiger partial charge in [-0.25, -0.2) is 4.79 Å². The number of esters is 1. The minimum Gasteiger partial charge on any atom is -0.434 e. The summed E-state index contributed by atoms with van der Waals surface area (Å²) in [7, 11) is 0. The van der Waals surface area contributed by atoms with Crippen molar-refractivity contribution in [3.8, 4) is 11.5 Å². The van der Waals surface area contributed by atoms with Crippen LogP contribution in [0.25, 0.3) is 6.08 Å². The first kappa shape index (κ1) is 18.1. The summed E-state index contributed by atoms with van der Waals surface area (Å²) in [5, 5.41) is 10.7. The molecular weight excluding hydrogens is 336 g/mol. The highest BCUT2D eigenvalue weighted by molar-refractivity contribution is 5.89. The molecule has 2 rings (SSSR count). The molecule has 2 aromatic carbocycles. The van der Waals surface area contributed by atoms with E-state index in [2.05, 4.69) is 4.74 Å². The summed E-state index contributed by atoms with van der Waals surface area (Å²) in [6.07, 6.45) is 2.32. The fraction of sp³-hybridized carbons (Fsp3) is 0.118. The number of halogens is 2. The quantitative estimate of drug-likeness (QED) is 0.258. The lowest BCUT2D eigenvalue weighted by atomic mass is 10.2. The van der Waals surface area contributed by atoms with Crippen LogP contribution in [0.5, 0.6) is 11.5 Å². The number of hydrogen-bond acceptors (Lipinski definition) is 5. The Bertz CT molecular complexity index is 820. The van der Waals surface area contributed by atoms with Gasteiger partial charge in [-0.3, -0.25) is 10.1 Å². The van der Waals surface area contributed by atoms with E-state index in [-0.39, 0.29) is 22.7 Å². The van der Waals surface area contributed by atoms with Gasteiger partial charge in [-0.15, -0.1) is 0 Å². The molecule has 0 bridgehead atoms. The Morgan fingerprint density at radius 3 is 2.60 bits per heavy atom. The summed E-state index contributed by atoms with van der Waals surface area (Å²) in [4.78, 5) is 22.0. The SMILES string of the molecule is Cc1cc(OC(=O)C=Cc2ccccc2OC(F)F)ccc1[N+](=O)[O-]. The van der Waals surface area contributed by atoms with Crippen molar-refractivity contribution < 1.29 is 28.0 Å². The summed E-state index contributed by atoms with van der Waals surface area (Å²) in [6, 6.07) is 9.85. The van der Waals surface area contributed by atoms with Crippen molar-refractivity contribution in [1.82, 2.24) is 0 Å². The number of benzene rings is 2. The number of nitro benzene ring substituents is 1. The zero-order chi connectivity index (χ0) is 18.4. The van der Waals surface area contributed by atoms with Crippen LogP contribution in [-0.2, 0) is 4.79 Å². The van der Waals surface area contributed by atoms with Crippen molar-refractivity contribution in [2.45, 2.75) is 13.5 Å². The Labute approximate surface area is 141 Å². The van der Waals surface area contributed by atoms with Crippen LogP contribution in [0, 0.1) is 17.0 Å². The van der Waals surface area contributed by atoms with Crippen LogP contribution in [0.4, 0.5) is 14.5 Å². The molecule has 8 heteroatoms. The molecule has 0 aliphatic carbocycles. The normalized spacial score (nSPS) is 10.9. The third-order valence-corrected chi connectivity index (χ3v) is 3.12. The molecule has 0 heterocycles. The molecule has 0 aromatic heterocycles. The van der Waals surface area contributed by atoms with Gasteiger partial charge in [-0.05, 0) is 31.2 Å². The Kier molecular flexibility index (Phi) is 5.78. The molecule has 0 atom stereocenters. The Morgan fingerprint density at radius 2 is 1.96 bits per heavy atom. The summed E-state index contributed by atoms with van der Waals surface area (Å²) in [5.74, 6) is -0.706. The number of alkyl halides is 2. The second-order valence-corrected chi connectivity index (χ2v) is 4.88. The predicted octanol–water partition coefficient (Wildman–Crippen LogP) is 4.12.